The van der Waals surface area contributed by atoms with Crippen LogP contribution in [0.25, 0.3) is 0 Å². The maximum Gasteiger partial charge on any atom is 0.228 e. The van der Waals surface area contributed by atoms with E-state index in [4.69, 9.17) is 0 Å². The molecule has 3 nitrogen and oxygen atoms in total. The molecule has 0 aliphatic heterocycles. The molecular weight excluding hydrogens is 332 g/mol. The van der Waals surface area contributed by atoms with E-state index in [1.807, 2.05) is 24.3 Å². The Morgan fingerprint density at radius 1 is 0.960 bits per heavy atom. The highest BCUT2D eigenvalue weighted by atomic mass is 32.1. The molecule has 1 N–H and O–H groups in total. The third-order valence-electron chi connectivity index (χ3n) is 4.49. The van der Waals surface area contributed by atoms with Crippen LogP contribution in [0, 0.1) is 0 Å². The van der Waals surface area contributed by atoms with Crippen molar-refractivity contribution in [2.75, 3.05) is 0 Å². The number of benzene rings is 2. The Balaban J connectivity index is 1.98. The molecule has 1 aliphatic rings. The second kappa shape index (κ2) is 6.19. The van der Waals surface area contributed by atoms with Crippen molar-refractivity contribution in [3.63, 3.8) is 0 Å². The Morgan fingerprint density at radius 3 is 2.20 bits per heavy atom. The zero-order chi connectivity index (χ0) is 18.4. The minimum Gasteiger partial charge on any atom is -0.504 e. The average Bonchev–Trinajstić information content (AvgIpc) is 2.56. The zero-order valence-electron chi connectivity index (χ0n) is 14.5. The van der Waals surface area contributed by atoms with Gasteiger partial charge in [0.2, 0.25) is 5.78 Å². The number of Topliss-reactive ketones (excluding diaryl/α,β-unsaturated/α-hetero) is 2. The Bertz CT molecular complexity index is 900. The van der Waals surface area contributed by atoms with Crippen LogP contribution >= 0.6 is 12.6 Å². The molecular formula is C21H20O3S. The maximum atomic E-state index is 12.8. The van der Waals surface area contributed by atoms with Gasteiger partial charge >= 0.3 is 0 Å². The van der Waals surface area contributed by atoms with Crippen LogP contribution in [0.2, 0.25) is 0 Å². The summed E-state index contributed by atoms with van der Waals surface area (Å²) in [7, 11) is 0. The van der Waals surface area contributed by atoms with Crippen molar-refractivity contribution in [3.05, 3.63) is 76.1 Å². The summed E-state index contributed by atoms with van der Waals surface area (Å²) < 4.78 is 0. The fraction of sp³-hybridized carbons (Fsp3) is 0.238. The number of aliphatic hydroxyl groups excluding tert-OH is 1. The second-order valence-electron chi connectivity index (χ2n) is 7.31. The summed E-state index contributed by atoms with van der Waals surface area (Å²) >= 11 is 4.30. The van der Waals surface area contributed by atoms with Gasteiger partial charge in [-0.3, -0.25) is 9.59 Å². The van der Waals surface area contributed by atoms with E-state index in [0.717, 1.165) is 5.56 Å². The number of aliphatic hydroxyl groups is 1. The van der Waals surface area contributed by atoms with Gasteiger partial charge in [-0.1, -0.05) is 57.2 Å². The van der Waals surface area contributed by atoms with Crippen molar-refractivity contribution < 1.29 is 14.7 Å². The molecule has 2 aromatic rings. The highest BCUT2D eigenvalue weighted by Crippen LogP contribution is 2.31. The predicted octanol–water partition coefficient (Wildman–Crippen LogP) is 4.71. The maximum absolute atomic E-state index is 12.8. The van der Waals surface area contributed by atoms with Crippen LogP contribution in [-0.4, -0.2) is 16.7 Å². The fourth-order valence-corrected chi connectivity index (χ4v) is 3.29. The third kappa shape index (κ3) is 3.14. The number of carbonyl (C=O) groups is 2. The first-order chi connectivity index (χ1) is 11.7. The quantitative estimate of drug-likeness (QED) is 0.770. The molecule has 0 unspecified atom stereocenters. The molecule has 1 aliphatic carbocycles. The topological polar surface area (TPSA) is 54.4 Å². The summed E-state index contributed by atoms with van der Waals surface area (Å²) in [6.07, 6.45) is 0.211. The minimum atomic E-state index is -0.521. The smallest absolute Gasteiger partial charge is 0.228 e. The van der Waals surface area contributed by atoms with Crippen LogP contribution < -0.4 is 0 Å². The van der Waals surface area contributed by atoms with E-state index in [1.165, 1.54) is 5.56 Å². The first kappa shape index (κ1) is 17.5. The third-order valence-corrected chi connectivity index (χ3v) is 4.86. The number of hydrogen-bond donors (Lipinski definition) is 2. The zero-order valence-corrected chi connectivity index (χ0v) is 15.4. The van der Waals surface area contributed by atoms with E-state index < -0.39 is 11.5 Å². The van der Waals surface area contributed by atoms with Gasteiger partial charge in [0.1, 0.15) is 0 Å². The highest BCUT2D eigenvalue weighted by Gasteiger charge is 2.33. The fourth-order valence-electron chi connectivity index (χ4n) is 2.98. The number of thiol groups is 1. The van der Waals surface area contributed by atoms with Gasteiger partial charge in [0.15, 0.2) is 11.5 Å². The predicted molar refractivity (Wildman–Crippen MR) is 101 cm³/mol. The van der Waals surface area contributed by atoms with E-state index in [-0.39, 0.29) is 34.3 Å². The van der Waals surface area contributed by atoms with Crippen molar-refractivity contribution in [1.29, 1.82) is 0 Å². The lowest BCUT2D eigenvalue weighted by Crippen LogP contribution is -2.23. The monoisotopic (exact) mass is 352 g/mol. The molecule has 0 amide bonds. The highest BCUT2D eigenvalue weighted by molar-refractivity contribution is 7.80. The summed E-state index contributed by atoms with van der Waals surface area (Å²) in [5.41, 5.74) is 2.70. The molecule has 0 atom stereocenters. The molecule has 0 radical (unpaired) electrons. The van der Waals surface area contributed by atoms with Crippen LogP contribution in [0.4, 0.5) is 0 Å². The molecule has 0 heterocycles. The van der Waals surface area contributed by atoms with Gasteiger partial charge < -0.3 is 5.11 Å². The minimum absolute atomic E-state index is 0.0381. The number of ketones is 2. The molecule has 0 aromatic heterocycles. The first-order valence-electron chi connectivity index (χ1n) is 8.13. The second-order valence-corrected chi connectivity index (χ2v) is 7.79. The van der Waals surface area contributed by atoms with Gasteiger partial charge in [-0.2, -0.15) is 0 Å². The molecule has 0 saturated heterocycles. The van der Waals surface area contributed by atoms with Crippen molar-refractivity contribution in [2.45, 2.75) is 37.5 Å². The molecule has 0 spiro atoms. The van der Waals surface area contributed by atoms with Crippen molar-refractivity contribution >= 4 is 24.2 Å². The molecule has 4 heteroatoms. The van der Waals surface area contributed by atoms with Crippen LogP contribution in [0.3, 0.4) is 0 Å². The van der Waals surface area contributed by atoms with Gasteiger partial charge in [0, 0.05) is 22.4 Å². The molecule has 0 bridgehead atoms. The van der Waals surface area contributed by atoms with Crippen LogP contribution in [-0.2, 0) is 11.8 Å². The molecule has 0 saturated carbocycles. The largest absolute Gasteiger partial charge is 0.504 e. The van der Waals surface area contributed by atoms with E-state index >= 15 is 0 Å². The van der Waals surface area contributed by atoms with Crippen LogP contribution in [0.1, 0.15) is 52.6 Å². The first-order valence-corrected chi connectivity index (χ1v) is 8.58. The van der Waals surface area contributed by atoms with Crippen molar-refractivity contribution in [1.82, 2.24) is 0 Å². The average molecular weight is 352 g/mol. The molecule has 2 aromatic carbocycles. The number of rotatable bonds is 2. The van der Waals surface area contributed by atoms with E-state index in [2.05, 4.69) is 33.4 Å². The Kier molecular flexibility index (Phi) is 4.33. The summed E-state index contributed by atoms with van der Waals surface area (Å²) in [4.78, 5) is 25.7. The van der Waals surface area contributed by atoms with Gasteiger partial charge in [0.25, 0.3) is 0 Å². The van der Waals surface area contributed by atoms with Gasteiger partial charge in [-0.25, -0.2) is 0 Å². The standard InChI is InChI=1S/C21H20O3S/c1-21(2,3)13-9-7-12(8-10-13)11-15-18(22)17-14(19(23)20(15)24)5-4-6-16(17)25/h4-10,24-25H,11H2,1-3H3. The van der Waals surface area contributed by atoms with E-state index in [0.29, 0.717) is 4.90 Å². The Morgan fingerprint density at radius 2 is 1.60 bits per heavy atom. The van der Waals surface area contributed by atoms with Crippen LogP contribution in [0.15, 0.2) is 58.7 Å². The van der Waals surface area contributed by atoms with Crippen LogP contribution in [0.5, 0.6) is 0 Å². The molecule has 128 valence electrons. The Hall–Kier alpha value is -2.33. The van der Waals surface area contributed by atoms with Gasteiger partial charge in [-0.05, 0) is 22.6 Å². The van der Waals surface area contributed by atoms with Crippen molar-refractivity contribution in [3.8, 4) is 0 Å². The summed E-state index contributed by atoms with van der Waals surface area (Å²) in [6, 6.07) is 12.8. The molecule has 3 rings (SSSR count). The van der Waals surface area contributed by atoms with E-state index in [1.54, 1.807) is 18.2 Å². The lowest BCUT2D eigenvalue weighted by atomic mass is 9.84. The number of hydrogen-bond acceptors (Lipinski definition) is 4. The van der Waals surface area contributed by atoms with Crippen molar-refractivity contribution in [2.24, 2.45) is 0 Å². The lowest BCUT2D eigenvalue weighted by Gasteiger charge is -2.21. The number of carbonyl (C=O) groups excluding carboxylic acids is 2. The number of fused-ring (bicyclic) bond motifs is 1. The number of allylic oxidation sites excluding steroid dienone is 2. The molecule has 25 heavy (non-hydrogen) atoms. The van der Waals surface area contributed by atoms with E-state index in [9.17, 15) is 14.7 Å². The Labute approximate surface area is 152 Å². The SMILES string of the molecule is CC(C)(C)c1ccc(CC2=C(O)C(=O)c3cccc(S)c3C2=O)cc1. The summed E-state index contributed by atoms with van der Waals surface area (Å²) in [5, 5.41) is 10.3. The summed E-state index contributed by atoms with van der Waals surface area (Å²) in [6.45, 7) is 6.39. The lowest BCUT2D eigenvalue weighted by molar-refractivity contribution is 0.0925. The van der Waals surface area contributed by atoms with Gasteiger partial charge in [0.05, 0.1) is 5.57 Å². The van der Waals surface area contributed by atoms with Gasteiger partial charge in [-0.15, -0.1) is 12.6 Å². The summed E-state index contributed by atoms with van der Waals surface area (Å²) in [5.74, 6) is -1.32. The normalized spacial score (nSPS) is 14.7. The molecule has 0 fully saturated rings.